The molecule has 3 rings (SSSR count). The summed E-state index contributed by atoms with van der Waals surface area (Å²) in [7, 11) is 0. The summed E-state index contributed by atoms with van der Waals surface area (Å²) in [6.07, 6.45) is 1.54. The molecule has 0 saturated carbocycles. The van der Waals surface area contributed by atoms with Crippen LogP contribution >= 0.6 is 0 Å². The van der Waals surface area contributed by atoms with Crippen LogP contribution in [-0.4, -0.2) is 23.3 Å². The van der Waals surface area contributed by atoms with Crippen LogP contribution in [0.1, 0.15) is 41.6 Å². The maximum atomic E-state index is 12.8. The molecule has 5 nitrogen and oxygen atoms in total. The number of carbonyl (C=O) groups is 2. The number of amides is 2. The molecule has 3 aromatic rings. The van der Waals surface area contributed by atoms with E-state index in [0.717, 1.165) is 10.8 Å². The van der Waals surface area contributed by atoms with Crippen molar-refractivity contribution in [2.24, 2.45) is 5.41 Å². The standard InChI is InChI=1S/C22H23N3O2/c1-22(2,3)14-24-21(27)19-18(12-7-13-23-19)25-20(26)17-11-6-9-15-8-4-5-10-16(15)17/h4-13H,14H2,1-3H3,(H,24,27)(H,25,26). The van der Waals surface area contributed by atoms with Crippen molar-refractivity contribution in [1.29, 1.82) is 0 Å². The van der Waals surface area contributed by atoms with E-state index >= 15 is 0 Å². The van der Waals surface area contributed by atoms with E-state index in [0.29, 0.717) is 17.8 Å². The van der Waals surface area contributed by atoms with Crippen LogP contribution in [-0.2, 0) is 0 Å². The highest BCUT2D eigenvalue weighted by atomic mass is 16.2. The van der Waals surface area contributed by atoms with Gasteiger partial charge in [-0.3, -0.25) is 9.59 Å². The second-order valence-electron chi connectivity index (χ2n) is 7.62. The second-order valence-corrected chi connectivity index (χ2v) is 7.62. The number of rotatable bonds is 4. The zero-order chi connectivity index (χ0) is 19.4. The lowest BCUT2D eigenvalue weighted by molar-refractivity contribution is 0.0935. The lowest BCUT2D eigenvalue weighted by Crippen LogP contribution is -2.33. The van der Waals surface area contributed by atoms with Gasteiger partial charge in [-0.25, -0.2) is 4.98 Å². The Balaban J connectivity index is 1.85. The smallest absolute Gasteiger partial charge is 0.272 e. The predicted molar refractivity (Wildman–Crippen MR) is 108 cm³/mol. The maximum absolute atomic E-state index is 12.8. The molecule has 0 spiro atoms. The van der Waals surface area contributed by atoms with Gasteiger partial charge in [0, 0.05) is 18.3 Å². The minimum atomic E-state index is -0.307. The highest BCUT2D eigenvalue weighted by molar-refractivity contribution is 6.14. The van der Waals surface area contributed by atoms with Crippen LogP contribution in [0.2, 0.25) is 0 Å². The first kappa shape index (κ1) is 18.6. The number of nitrogens with one attached hydrogen (secondary N) is 2. The van der Waals surface area contributed by atoms with E-state index in [2.05, 4.69) is 15.6 Å². The van der Waals surface area contributed by atoms with Gasteiger partial charge >= 0.3 is 0 Å². The highest BCUT2D eigenvalue weighted by Crippen LogP contribution is 2.21. The lowest BCUT2D eigenvalue weighted by atomic mass is 9.97. The second kappa shape index (κ2) is 7.58. The van der Waals surface area contributed by atoms with Crippen molar-refractivity contribution in [2.75, 3.05) is 11.9 Å². The van der Waals surface area contributed by atoms with Gasteiger partial charge in [-0.05, 0) is 34.4 Å². The Morgan fingerprint density at radius 1 is 0.926 bits per heavy atom. The summed E-state index contributed by atoms with van der Waals surface area (Å²) in [4.78, 5) is 29.5. The molecule has 0 unspecified atom stereocenters. The lowest BCUT2D eigenvalue weighted by Gasteiger charge is -2.19. The van der Waals surface area contributed by atoms with Crippen molar-refractivity contribution >= 4 is 28.3 Å². The van der Waals surface area contributed by atoms with Gasteiger partial charge in [-0.15, -0.1) is 0 Å². The van der Waals surface area contributed by atoms with Gasteiger partial charge < -0.3 is 10.6 Å². The molecule has 0 fully saturated rings. The van der Waals surface area contributed by atoms with E-state index < -0.39 is 0 Å². The molecule has 0 atom stereocenters. The van der Waals surface area contributed by atoms with Crippen molar-refractivity contribution < 1.29 is 9.59 Å². The number of anilines is 1. The summed E-state index contributed by atoms with van der Waals surface area (Å²) in [6.45, 7) is 6.62. The van der Waals surface area contributed by atoms with E-state index in [-0.39, 0.29) is 22.9 Å². The molecular weight excluding hydrogens is 338 g/mol. The number of pyridine rings is 1. The summed E-state index contributed by atoms with van der Waals surface area (Å²) in [5.74, 6) is -0.580. The molecule has 1 aromatic heterocycles. The average molecular weight is 361 g/mol. The monoisotopic (exact) mass is 361 g/mol. The van der Waals surface area contributed by atoms with Gasteiger partial charge in [0.05, 0.1) is 5.69 Å². The molecule has 27 heavy (non-hydrogen) atoms. The fraction of sp³-hybridized carbons (Fsp3) is 0.227. The maximum Gasteiger partial charge on any atom is 0.272 e. The molecule has 0 saturated heterocycles. The van der Waals surface area contributed by atoms with Crippen LogP contribution in [0.3, 0.4) is 0 Å². The van der Waals surface area contributed by atoms with Crippen molar-refractivity contribution in [1.82, 2.24) is 10.3 Å². The minimum absolute atomic E-state index is 0.0448. The van der Waals surface area contributed by atoms with Gasteiger partial charge in [0.15, 0.2) is 5.69 Å². The molecule has 0 bridgehead atoms. The molecule has 0 aliphatic rings. The van der Waals surface area contributed by atoms with Crippen LogP contribution in [0.25, 0.3) is 10.8 Å². The molecule has 5 heteroatoms. The Morgan fingerprint density at radius 2 is 1.67 bits per heavy atom. The molecule has 0 aliphatic heterocycles. The number of hydrogen-bond donors (Lipinski definition) is 2. The van der Waals surface area contributed by atoms with Gasteiger partial charge in [0.1, 0.15) is 0 Å². The van der Waals surface area contributed by atoms with Gasteiger partial charge in [-0.2, -0.15) is 0 Å². The average Bonchev–Trinajstić information content (AvgIpc) is 2.65. The Labute approximate surface area is 158 Å². The summed E-state index contributed by atoms with van der Waals surface area (Å²) in [6, 6.07) is 16.6. The van der Waals surface area contributed by atoms with Gasteiger partial charge in [0.2, 0.25) is 0 Å². The number of aromatic nitrogens is 1. The Morgan fingerprint density at radius 3 is 2.44 bits per heavy atom. The molecule has 0 aliphatic carbocycles. The Bertz CT molecular complexity index is 985. The fourth-order valence-corrected chi connectivity index (χ4v) is 2.73. The number of carbonyl (C=O) groups excluding carboxylic acids is 2. The fourth-order valence-electron chi connectivity index (χ4n) is 2.73. The largest absolute Gasteiger partial charge is 0.350 e. The summed E-state index contributed by atoms with van der Waals surface area (Å²) < 4.78 is 0. The number of nitrogens with zero attached hydrogens (tertiary/aromatic N) is 1. The highest BCUT2D eigenvalue weighted by Gasteiger charge is 2.18. The van der Waals surface area contributed by atoms with Crippen molar-refractivity contribution in [3.05, 3.63) is 72.1 Å². The number of hydrogen-bond acceptors (Lipinski definition) is 3. The van der Waals surface area contributed by atoms with E-state index in [1.54, 1.807) is 24.4 Å². The topological polar surface area (TPSA) is 71.1 Å². The molecule has 1 heterocycles. The zero-order valence-corrected chi connectivity index (χ0v) is 15.7. The van der Waals surface area contributed by atoms with E-state index in [4.69, 9.17) is 0 Å². The summed E-state index contributed by atoms with van der Waals surface area (Å²) in [5.41, 5.74) is 1.10. The van der Waals surface area contributed by atoms with Crippen molar-refractivity contribution in [3.63, 3.8) is 0 Å². The van der Waals surface area contributed by atoms with Crippen LogP contribution in [0.15, 0.2) is 60.8 Å². The van der Waals surface area contributed by atoms with Crippen LogP contribution in [0, 0.1) is 5.41 Å². The van der Waals surface area contributed by atoms with Crippen molar-refractivity contribution in [3.8, 4) is 0 Å². The first-order valence-corrected chi connectivity index (χ1v) is 8.87. The van der Waals surface area contributed by atoms with E-state index in [1.807, 2.05) is 57.2 Å². The van der Waals surface area contributed by atoms with Gasteiger partial charge in [-0.1, -0.05) is 57.2 Å². The van der Waals surface area contributed by atoms with Crippen LogP contribution in [0.5, 0.6) is 0 Å². The Hall–Kier alpha value is -3.21. The molecular formula is C22H23N3O2. The minimum Gasteiger partial charge on any atom is -0.350 e. The molecule has 2 N–H and O–H groups in total. The normalized spacial score (nSPS) is 11.2. The molecule has 138 valence electrons. The number of fused-ring (bicyclic) bond motifs is 1. The van der Waals surface area contributed by atoms with Crippen LogP contribution < -0.4 is 10.6 Å². The first-order chi connectivity index (χ1) is 12.8. The molecule has 0 radical (unpaired) electrons. The first-order valence-electron chi connectivity index (χ1n) is 8.87. The third-order valence-corrected chi connectivity index (χ3v) is 4.08. The summed E-state index contributed by atoms with van der Waals surface area (Å²) >= 11 is 0. The van der Waals surface area contributed by atoms with Crippen molar-refractivity contribution in [2.45, 2.75) is 20.8 Å². The predicted octanol–water partition coefficient (Wildman–Crippen LogP) is 4.26. The van der Waals surface area contributed by atoms with E-state index in [1.165, 1.54) is 0 Å². The molecule has 2 aromatic carbocycles. The summed E-state index contributed by atoms with van der Waals surface area (Å²) in [5, 5.41) is 7.55. The third kappa shape index (κ3) is 4.50. The zero-order valence-electron chi connectivity index (χ0n) is 15.7. The Kier molecular flexibility index (Phi) is 5.21. The quantitative estimate of drug-likeness (QED) is 0.729. The molecule has 2 amide bonds. The third-order valence-electron chi connectivity index (χ3n) is 4.08. The van der Waals surface area contributed by atoms with Crippen LogP contribution in [0.4, 0.5) is 5.69 Å². The van der Waals surface area contributed by atoms with E-state index in [9.17, 15) is 9.59 Å². The van der Waals surface area contributed by atoms with Gasteiger partial charge in [0.25, 0.3) is 11.8 Å². The number of benzene rings is 2. The SMILES string of the molecule is CC(C)(C)CNC(=O)c1ncccc1NC(=O)c1cccc2ccccc12.